The number of rotatable bonds is 7. The third kappa shape index (κ3) is 5.36. The molecule has 2 aliphatic rings. The summed E-state index contributed by atoms with van der Waals surface area (Å²) in [5.74, 6) is 0.498. The summed E-state index contributed by atoms with van der Waals surface area (Å²) in [5.41, 5.74) is 4.20. The Hall–Kier alpha value is -3.06. The molecule has 1 unspecified atom stereocenters. The van der Waals surface area contributed by atoms with Crippen molar-refractivity contribution in [1.29, 1.82) is 0 Å². The molecule has 1 N–H and O–H groups in total. The second kappa shape index (κ2) is 10.5. The van der Waals surface area contributed by atoms with Gasteiger partial charge in [-0.1, -0.05) is 41.9 Å². The molecule has 0 saturated carbocycles. The number of esters is 1. The third-order valence-electron chi connectivity index (χ3n) is 6.56. The van der Waals surface area contributed by atoms with Gasteiger partial charge in [0.25, 0.3) is 0 Å². The molecule has 36 heavy (non-hydrogen) atoms. The van der Waals surface area contributed by atoms with E-state index >= 15 is 0 Å². The molecule has 0 aromatic heterocycles. The molecule has 0 spiro atoms. The van der Waals surface area contributed by atoms with Gasteiger partial charge in [-0.05, 0) is 61.6 Å². The van der Waals surface area contributed by atoms with Crippen LogP contribution in [0.3, 0.4) is 0 Å². The van der Waals surface area contributed by atoms with Crippen LogP contribution in [-0.4, -0.2) is 25.5 Å². The van der Waals surface area contributed by atoms with E-state index in [0.29, 0.717) is 29.0 Å². The lowest BCUT2D eigenvalue weighted by Gasteiger charge is -2.39. The van der Waals surface area contributed by atoms with Crippen LogP contribution in [-0.2, 0) is 20.9 Å². The number of allylic oxidation sites excluding steroid dienone is 3. The van der Waals surface area contributed by atoms with Crippen molar-refractivity contribution >= 4 is 27.7 Å². The van der Waals surface area contributed by atoms with Crippen LogP contribution in [0.5, 0.6) is 11.5 Å². The lowest BCUT2D eigenvalue weighted by molar-refractivity contribution is -0.138. The molecule has 2 aromatic rings. The lowest BCUT2D eigenvalue weighted by atomic mass is 9.68. The first kappa shape index (κ1) is 26.0. The van der Waals surface area contributed by atoms with Crippen molar-refractivity contribution in [2.24, 2.45) is 5.41 Å². The van der Waals surface area contributed by atoms with Crippen molar-refractivity contribution in [2.75, 3.05) is 13.7 Å². The topological polar surface area (TPSA) is 73.9 Å². The molecule has 1 atom stereocenters. The fourth-order valence-corrected chi connectivity index (χ4v) is 5.44. The van der Waals surface area contributed by atoms with Crippen LogP contribution in [0.4, 0.5) is 0 Å². The highest BCUT2D eigenvalue weighted by Gasteiger charge is 2.43. The van der Waals surface area contributed by atoms with Gasteiger partial charge in [0.15, 0.2) is 5.78 Å². The molecular weight excluding hydrogens is 522 g/mol. The average Bonchev–Trinajstić information content (AvgIpc) is 2.81. The van der Waals surface area contributed by atoms with E-state index in [4.69, 9.17) is 14.2 Å². The number of nitrogens with one attached hydrogen (secondary N) is 1. The van der Waals surface area contributed by atoms with Gasteiger partial charge in [-0.15, -0.1) is 0 Å². The molecule has 1 aliphatic heterocycles. The fourth-order valence-electron chi connectivity index (χ4n) is 5.06. The predicted molar refractivity (Wildman–Crippen MR) is 142 cm³/mol. The van der Waals surface area contributed by atoms with Crippen LogP contribution < -0.4 is 14.8 Å². The molecule has 0 amide bonds. The molecule has 4 rings (SSSR count). The van der Waals surface area contributed by atoms with Crippen molar-refractivity contribution < 1.29 is 23.8 Å². The number of ketones is 1. The Labute approximate surface area is 220 Å². The Kier molecular flexibility index (Phi) is 7.59. The minimum Gasteiger partial charge on any atom is -0.496 e. The Morgan fingerprint density at radius 3 is 2.64 bits per heavy atom. The lowest BCUT2D eigenvalue weighted by Crippen LogP contribution is -2.38. The number of hydrogen-bond acceptors (Lipinski definition) is 6. The molecule has 1 aliphatic carbocycles. The highest BCUT2D eigenvalue weighted by Crippen LogP contribution is 2.47. The van der Waals surface area contributed by atoms with E-state index in [2.05, 4.69) is 35.1 Å². The van der Waals surface area contributed by atoms with Gasteiger partial charge in [0, 0.05) is 39.3 Å². The quantitative estimate of drug-likeness (QED) is 0.411. The number of carbonyl (C=O) groups excluding carboxylic acids is 2. The fraction of sp³-hybridized carbons (Fsp3) is 0.379. The van der Waals surface area contributed by atoms with Gasteiger partial charge in [-0.25, -0.2) is 4.79 Å². The maximum atomic E-state index is 13.5. The minimum atomic E-state index is -0.528. The van der Waals surface area contributed by atoms with Crippen molar-refractivity contribution in [2.45, 2.75) is 53.1 Å². The van der Waals surface area contributed by atoms with Crippen molar-refractivity contribution in [3.8, 4) is 11.5 Å². The van der Waals surface area contributed by atoms with E-state index in [1.54, 1.807) is 14.0 Å². The summed E-state index contributed by atoms with van der Waals surface area (Å²) in [5, 5.41) is 3.37. The number of hydrogen-bond donors (Lipinski definition) is 1. The molecule has 0 saturated heterocycles. The number of Topliss-reactive ketones (excluding diaryl/α,β-unsaturated/α-hetero) is 1. The Bertz CT molecular complexity index is 1260. The summed E-state index contributed by atoms with van der Waals surface area (Å²) in [4.78, 5) is 26.6. The summed E-state index contributed by atoms with van der Waals surface area (Å²) < 4.78 is 18.0. The zero-order valence-corrected chi connectivity index (χ0v) is 23.0. The Morgan fingerprint density at radius 1 is 1.17 bits per heavy atom. The second-order valence-electron chi connectivity index (χ2n) is 9.97. The molecule has 0 radical (unpaired) electrons. The first-order valence-corrected chi connectivity index (χ1v) is 12.9. The highest BCUT2D eigenvalue weighted by atomic mass is 79.9. The van der Waals surface area contributed by atoms with Crippen LogP contribution in [0, 0.1) is 5.41 Å². The third-order valence-corrected chi connectivity index (χ3v) is 7.06. The average molecular weight is 554 g/mol. The number of dihydropyridines is 1. The molecule has 0 bridgehead atoms. The maximum Gasteiger partial charge on any atom is 0.336 e. The first-order valence-electron chi connectivity index (χ1n) is 12.1. The van der Waals surface area contributed by atoms with Gasteiger partial charge in [-0.3, -0.25) is 4.79 Å². The van der Waals surface area contributed by atoms with Crippen LogP contribution in [0.25, 0.3) is 0 Å². The largest absolute Gasteiger partial charge is 0.496 e. The maximum absolute atomic E-state index is 13.5. The van der Waals surface area contributed by atoms with Gasteiger partial charge in [0.05, 0.1) is 19.3 Å². The normalized spacial score (nSPS) is 18.9. The summed E-state index contributed by atoms with van der Waals surface area (Å²) in [7, 11) is 1.61. The van der Waals surface area contributed by atoms with Crippen molar-refractivity contribution in [1.82, 2.24) is 5.32 Å². The summed E-state index contributed by atoms with van der Waals surface area (Å²) in [6.45, 7) is 8.36. The standard InChI is InChI=1S/C29H32BrNO5/c1-6-35-28(33)25-17(2)31-22-14-29(3,4)15-23(32)27(22)26(25)18-10-11-24(34-5)19(12-18)16-36-21-9-7-8-20(30)13-21/h7-13,26,31H,6,14-16H2,1-5H3. The van der Waals surface area contributed by atoms with Crippen LogP contribution in [0.15, 0.2) is 69.5 Å². The van der Waals surface area contributed by atoms with E-state index in [-0.39, 0.29) is 24.4 Å². The zero-order chi connectivity index (χ0) is 26.0. The molecule has 2 aromatic carbocycles. The van der Waals surface area contributed by atoms with Gasteiger partial charge in [0.2, 0.25) is 0 Å². The van der Waals surface area contributed by atoms with Crippen LogP contribution in [0.1, 0.15) is 57.6 Å². The summed E-state index contributed by atoms with van der Waals surface area (Å²) >= 11 is 3.47. The van der Waals surface area contributed by atoms with E-state index in [0.717, 1.165) is 33.5 Å². The number of ether oxygens (including phenoxy) is 3. The van der Waals surface area contributed by atoms with Gasteiger partial charge < -0.3 is 19.5 Å². The smallest absolute Gasteiger partial charge is 0.336 e. The van der Waals surface area contributed by atoms with Gasteiger partial charge >= 0.3 is 5.97 Å². The van der Waals surface area contributed by atoms with Crippen molar-refractivity contribution in [3.05, 3.63) is 80.6 Å². The molecule has 6 nitrogen and oxygen atoms in total. The van der Waals surface area contributed by atoms with Crippen LogP contribution >= 0.6 is 15.9 Å². The predicted octanol–water partition coefficient (Wildman–Crippen LogP) is 6.20. The number of methoxy groups -OCH3 is 1. The molecule has 190 valence electrons. The minimum absolute atomic E-state index is 0.0517. The van der Waals surface area contributed by atoms with Gasteiger partial charge in [-0.2, -0.15) is 0 Å². The Balaban J connectivity index is 1.79. The van der Waals surface area contributed by atoms with E-state index in [1.807, 2.05) is 49.4 Å². The van der Waals surface area contributed by atoms with E-state index in [1.165, 1.54) is 0 Å². The zero-order valence-electron chi connectivity index (χ0n) is 21.4. The van der Waals surface area contributed by atoms with Crippen molar-refractivity contribution in [3.63, 3.8) is 0 Å². The van der Waals surface area contributed by atoms with E-state index < -0.39 is 11.9 Å². The molecule has 0 fully saturated rings. The molecule has 7 heteroatoms. The summed E-state index contributed by atoms with van der Waals surface area (Å²) in [6.07, 6.45) is 1.15. The molecule has 1 heterocycles. The monoisotopic (exact) mass is 553 g/mol. The summed E-state index contributed by atoms with van der Waals surface area (Å²) in [6, 6.07) is 13.4. The number of halogens is 1. The van der Waals surface area contributed by atoms with Crippen LogP contribution in [0.2, 0.25) is 0 Å². The number of carbonyl (C=O) groups is 2. The SMILES string of the molecule is CCOC(=O)C1=C(C)NC2=C(C(=O)CC(C)(C)C2)C1c1ccc(OC)c(COc2cccc(Br)c2)c1. The number of benzene rings is 2. The second-order valence-corrected chi connectivity index (χ2v) is 10.9. The molecular formula is C29H32BrNO5. The first-order chi connectivity index (χ1) is 17.1. The Morgan fingerprint density at radius 2 is 1.94 bits per heavy atom. The van der Waals surface area contributed by atoms with Gasteiger partial charge in [0.1, 0.15) is 18.1 Å². The van der Waals surface area contributed by atoms with E-state index in [9.17, 15) is 9.59 Å². The highest BCUT2D eigenvalue weighted by molar-refractivity contribution is 9.10.